The molecule has 0 spiro atoms. The third-order valence-corrected chi connectivity index (χ3v) is 3.27. The molecule has 0 aromatic heterocycles. The highest BCUT2D eigenvalue weighted by Crippen LogP contribution is 2.35. The summed E-state index contributed by atoms with van der Waals surface area (Å²) < 4.78 is 23.2. The summed E-state index contributed by atoms with van der Waals surface area (Å²) in [5.74, 6) is -0.342. The molecule has 2 rings (SSSR count). The number of halogens is 1. The number of methoxy groups -OCH3 is 2. The molecule has 1 unspecified atom stereocenters. The van der Waals surface area contributed by atoms with Crippen molar-refractivity contribution in [3.63, 3.8) is 0 Å². The maximum Gasteiger partial charge on any atom is 0.339 e. The number of ether oxygens (including phenoxy) is 2. The molecule has 1 atom stereocenters. The van der Waals surface area contributed by atoms with E-state index in [1.165, 1.54) is 25.3 Å². The van der Waals surface area contributed by atoms with Gasteiger partial charge in [0.1, 0.15) is 5.82 Å². The van der Waals surface area contributed by atoms with Crippen LogP contribution in [0.4, 0.5) is 10.1 Å². The largest absolute Gasteiger partial charge is 0.465 e. The highest BCUT2D eigenvalue weighted by atomic mass is 19.1. The summed E-state index contributed by atoms with van der Waals surface area (Å²) in [5.41, 5.74) is 0.798. The van der Waals surface area contributed by atoms with Crippen molar-refractivity contribution in [2.75, 3.05) is 26.1 Å². The molecule has 0 heterocycles. The Morgan fingerprint density at radius 2 is 2.21 bits per heavy atom. The summed E-state index contributed by atoms with van der Waals surface area (Å²) in [6, 6.07) is 4.09. The molecule has 104 valence electrons. The Kier molecular flexibility index (Phi) is 4.37. The second kappa shape index (κ2) is 6.02. The fraction of sp³-hybridized carbons (Fsp3) is 0.500. The van der Waals surface area contributed by atoms with E-state index in [9.17, 15) is 9.18 Å². The fourth-order valence-electron chi connectivity index (χ4n) is 2.10. The van der Waals surface area contributed by atoms with E-state index in [-0.39, 0.29) is 11.9 Å². The van der Waals surface area contributed by atoms with E-state index in [2.05, 4.69) is 5.32 Å². The van der Waals surface area contributed by atoms with Gasteiger partial charge < -0.3 is 14.8 Å². The lowest BCUT2D eigenvalue weighted by Crippen LogP contribution is -2.28. The molecule has 1 N–H and O–H groups in total. The molecule has 19 heavy (non-hydrogen) atoms. The number of carbonyl (C=O) groups excluding carboxylic acids is 1. The molecule has 0 saturated heterocycles. The zero-order valence-electron chi connectivity index (χ0n) is 11.1. The molecule has 5 heteroatoms. The van der Waals surface area contributed by atoms with E-state index in [0.29, 0.717) is 23.8 Å². The Hall–Kier alpha value is -1.62. The van der Waals surface area contributed by atoms with E-state index in [0.717, 1.165) is 12.8 Å². The Balaban J connectivity index is 2.21. The summed E-state index contributed by atoms with van der Waals surface area (Å²) in [5, 5.41) is 3.20. The van der Waals surface area contributed by atoms with Crippen molar-refractivity contribution in [1.29, 1.82) is 0 Å². The number of rotatable bonds is 6. The van der Waals surface area contributed by atoms with E-state index < -0.39 is 5.97 Å². The van der Waals surface area contributed by atoms with Gasteiger partial charge in [0.05, 0.1) is 31.0 Å². The predicted molar refractivity (Wildman–Crippen MR) is 69.8 cm³/mol. The fourth-order valence-corrected chi connectivity index (χ4v) is 2.10. The van der Waals surface area contributed by atoms with E-state index in [4.69, 9.17) is 9.47 Å². The average molecular weight is 267 g/mol. The van der Waals surface area contributed by atoms with Gasteiger partial charge in [-0.3, -0.25) is 0 Å². The second-order valence-electron chi connectivity index (χ2n) is 4.73. The monoisotopic (exact) mass is 267 g/mol. The first-order chi connectivity index (χ1) is 9.15. The molecule has 0 aliphatic heterocycles. The lowest BCUT2D eigenvalue weighted by molar-refractivity contribution is 0.0601. The van der Waals surface area contributed by atoms with Crippen LogP contribution in [0.15, 0.2) is 18.2 Å². The van der Waals surface area contributed by atoms with Crippen molar-refractivity contribution in [2.45, 2.75) is 18.9 Å². The van der Waals surface area contributed by atoms with Gasteiger partial charge in [-0.05, 0) is 37.0 Å². The number of hydrogen-bond donors (Lipinski definition) is 1. The summed E-state index contributed by atoms with van der Waals surface area (Å²) in [4.78, 5) is 11.7. The summed E-state index contributed by atoms with van der Waals surface area (Å²) in [6.07, 6.45) is 2.26. The molecule has 1 aromatic carbocycles. The van der Waals surface area contributed by atoms with Crippen molar-refractivity contribution in [2.24, 2.45) is 5.92 Å². The normalized spacial score (nSPS) is 15.9. The first kappa shape index (κ1) is 13.8. The number of benzene rings is 1. The smallest absolute Gasteiger partial charge is 0.339 e. The first-order valence-electron chi connectivity index (χ1n) is 6.29. The number of esters is 1. The Labute approximate surface area is 111 Å². The van der Waals surface area contributed by atoms with Crippen molar-refractivity contribution < 1.29 is 18.7 Å². The number of anilines is 1. The van der Waals surface area contributed by atoms with Gasteiger partial charge in [0, 0.05) is 7.11 Å². The van der Waals surface area contributed by atoms with Crippen molar-refractivity contribution in [1.82, 2.24) is 0 Å². The lowest BCUT2D eigenvalue weighted by atomic mass is 10.1. The van der Waals surface area contributed by atoms with Crippen LogP contribution in [-0.4, -0.2) is 32.8 Å². The summed E-state index contributed by atoms with van der Waals surface area (Å²) >= 11 is 0. The quantitative estimate of drug-likeness (QED) is 0.804. The molecule has 1 aromatic rings. The molecular formula is C14H18FNO3. The van der Waals surface area contributed by atoms with Gasteiger partial charge in [0.25, 0.3) is 0 Å². The highest BCUT2D eigenvalue weighted by molar-refractivity contribution is 5.95. The van der Waals surface area contributed by atoms with E-state index in [1.54, 1.807) is 7.11 Å². The second-order valence-corrected chi connectivity index (χ2v) is 4.73. The van der Waals surface area contributed by atoms with Gasteiger partial charge in [-0.1, -0.05) is 0 Å². The zero-order valence-corrected chi connectivity index (χ0v) is 11.1. The van der Waals surface area contributed by atoms with Crippen LogP contribution < -0.4 is 5.32 Å². The minimum atomic E-state index is -0.477. The summed E-state index contributed by atoms with van der Waals surface area (Å²) in [7, 11) is 2.94. The molecule has 1 fully saturated rings. The van der Waals surface area contributed by atoms with Gasteiger partial charge in [0.15, 0.2) is 0 Å². The van der Waals surface area contributed by atoms with Crippen LogP contribution >= 0.6 is 0 Å². The van der Waals surface area contributed by atoms with Gasteiger partial charge in [-0.2, -0.15) is 0 Å². The minimum Gasteiger partial charge on any atom is -0.465 e. The van der Waals surface area contributed by atoms with Crippen molar-refractivity contribution in [3.8, 4) is 0 Å². The molecule has 0 amide bonds. The van der Waals surface area contributed by atoms with Gasteiger partial charge >= 0.3 is 5.97 Å². The Bertz CT molecular complexity index is 460. The molecule has 0 radical (unpaired) electrons. The standard InChI is InChI=1S/C14H18FNO3/c1-18-8-13(9-3-4-9)16-12-7-10(15)5-6-11(12)14(17)19-2/h5-7,9,13,16H,3-4,8H2,1-2H3. The Morgan fingerprint density at radius 3 is 2.79 bits per heavy atom. The van der Waals surface area contributed by atoms with Crippen molar-refractivity contribution >= 4 is 11.7 Å². The SMILES string of the molecule is COCC(Nc1cc(F)ccc1C(=O)OC)C1CC1. The Morgan fingerprint density at radius 1 is 1.47 bits per heavy atom. The maximum atomic E-state index is 13.3. The number of carbonyl (C=O) groups is 1. The highest BCUT2D eigenvalue weighted by Gasteiger charge is 2.32. The van der Waals surface area contributed by atoms with E-state index >= 15 is 0 Å². The van der Waals surface area contributed by atoms with Crippen molar-refractivity contribution in [3.05, 3.63) is 29.6 Å². The summed E-state index contributed by atoms with van der Waals surface area (Å²) in [6.45, 7) is 0.530. The minimum absolute atomic E-state index is 0.0928. The molecule has 1 saturated carbocycles. The third kappa shape index (κ3) is 3.44. The van der Waals surface area contributed by atoms with Gasteiger partial charge in [-0.15, -0.1) is 0 Å². The van der Waals surface area contributed by atoms with Crippen LogP contribution in [0.2, 0.25) is 0 Å². The third-order valence-electron chi connectivity index (χ3n) is 3.27. The number of hydrogen-bond acceptors (Lipinski definition) is 4. The van der Waals surface area contributed by atoms with Crippen LogP contribution in [-0.2, 0) is 9.47 Å². The van der Waals surface area contributed by atoms with E-state index in [1.807, 2.05) is 0 Å². The van der Waals surface area contributed by atoms with Crippen LogP contribution in [0.5, 0.6) is 0 Å². The predicted octanol–water partition coefficient (Wildman–Crippen LogP) is 2.45. The maximum absolute atomic E-state index is 13.3. The van der Waals surface area contributed by atoms with Crippen LogP contribution in [0.1, 0.15) is 23.2 Å². The molecule has 1 aliphatic carbocycles. The first-order valence-corrected chi connectivity index (χ1v) is 6.29. The van der Waals surface area contributed by atoms with Crippen LogP contribution in [0.3, 0.4) is 0 Å². The topological polar surface area (TPSA) is 47.6 Å². The lowest BCUT2D eigenvalue weighted by Gasteiger charge is -2.20. The molecule has 4 nitrogen and oxygen atoms in total. The molecular weight excluding hydrogens is 249 g/mol. The van der Waals surface area contributed by atoms with Gasteiger partial charge in [-0.25, -0.2) is 9.18 Å². The molecule has 1 aliphatic rings. The zero-order chi connectivity index (χ0) is 13.8. The van der Waals surface area contributed by atoms with Crippen LogP contribution in [0.25, 0.3) is 0 Å². The molecule has 0 bridgehead atoms. The van der Waals surface area contributed by atoms with Gasteiger partial charge in [0.2, 0.25) is 0 Å². The average Bonchev–Trinajstić information content (AvgIpc) is 3.22. The van der Waals surface area contributed by atoms with Crippen LogP contribution in [0, 0.1) is 11.7 Å². The number of nitrogens with one attached hydrogen (secondary N) is 1.